The van der Waals surface area contributed by atoms with Gasteiger partial charge in [-0.3, -0.25) is 0 Å². The van der Waals surface area contributed by atoms with Gasteiger partial charge in [0.15, 0.2) is 15.5 Å². The second-order valence-electron chi connectivity index (χ2n) is 14.2. The summed E-state index contributed by atoms with van der Waals surface area (Å²) < 4.78 is 67.3. The first-order chi connectivity index (χ1) is 26.2. The van der Waals surface area contributed by atoms with E-state index in [-0.39, 0.29) is 27.7 Å². The Bertz CT molecular complexity index is 2610. The van der Waals surface area contributed by atoms with Crippen molar-refractivity contribution >= 4 is 42.8 Å². The number of carbonyl (C=O) groups is 1. The standard InChI is InChI=1S/C40H40N6O7S2/c1-27-10-14-32(15-11-27)55(50,51)46-25-33(34-23-36(44-26-43-34)41-19-21-54(48,49)31-8-6-5-7-9-31)37-35(16-18-42-38(37)46)52-30-13-12-28-17-20-45(24-29(28)22-30)39(47)53-40(2,3)4/h5-16,18,22-23,25-26H,17,19-21,24H2,1-4H3,(H,41,43,44). The van der Waals surface area contributed by atoms with Gasteiger partial charge in [-0.05, 0) is 87.7 Å². The molecule has 0 radical (unpaired) electrons. The number of nitrogens with one attached hydrogen (secondary N) is 1. The third-order valence-electron chi connectivity index (χ3n) is 8.99. The summed E-state index contributed by atoms with van der Waals surface area (Å²) in [6.45, 7) is 8.30. The van der Waals surface area contributed by atoms with E-state index in [1.54, 1.807) is 71.6 Å². The van der Waals surface area contributed by atoms with Crippen LogP contribution < -0.4 is 10.1 Å². The predicted octanol–water partition coefficient (Wildman–Crippen LogP) is 7.01. The third-order valence-corrected chi connectivity index (χ3v) is 12.4. The van der Waals surface area contributed by atoms with Crippen LogP contribution >= 0.6 is 0 Å². The highest BCUT2D eigenvalue weighted by Gasteiger charge is 2.28. The van der Waals surface area contributed by atoms with E-state index in [4.69, 9.17) is 9.47 Å². The molecule has 0 saturated carbocycles. The molecule has 0 saturated heterocycles. The zero-order valence-corrected chi connectivity index (χ0v) is 32.4. The lowest BCUT2D eigenvalue weighted by atomic mass is 10.00. The molecule has 55 heavy (non-hydrogen) atoms. The number of hydrogen-bond acceptors (Lipinski definition) is 11. The molecule has 3 aromatic heterocycles. The molecule has 1 amide bonds. The lowest BCUT2D eigenvalue weighted by molar-refractivity contribution is 0.0223. The van der Waals surface area contributed by atoms with E-state index < -0.39 is 31.6 Å². The maximum Gasteiger partial charge on any atom is 0.410 e. The Hall–Kier alpha value is -5.80. The van der Waals surface area contributed by atoms with E-state index in [0.29, 0.717) is 53.5 Å². The number of sulfone groups is 1. The van der Waals surface area contributed by atoms with Gasteiger partial charge in [-0.1, -0.05) is 42.0 Å². The predicted molar refractivity (Wildman–Crippen MR) is 208 cm³/mol. The number of carbonyl (C=O) groups excluding carboxylic acids is 1. The molecule has 0 bridgehead atoms. The average molecular weight is 781 g/mol. The molecule has 0 atom stereocenters. The molecule has 0 unspecified atom stereocenters. The third kappa shape index (κ3) is 8.17. The fourth-order valence-corrected chi connectivity index (χ4v) is 8.75. The second kappa shape index (κ2) is 14.8. The number of fused-ring (bicyclic) bond motifs is 2. The number of nitrogens with zero attached hydrogens (tertiary/aromatic N) is 5. The summed E-state index contributed by atoms with van der Waals surface area (Å²) >= 11 is 0. The number of amides is 1. The summed E-state index contributed by atoms with van der Waals surface area (Å²) in [6, 6.07) is 23.7. The van der Waals surface area contributed by atoms with Gasteiger partial charge >= 0.3 is 6.09 Å². The highest BCUT2D eigenvalue weighted by Crippen LogP contribution is 2.40. The maximum absolute atomic E-state index is 14.2. The number of ether oxygens (including phenoxy) is 2. The van der Waals surface area contributed by atoms with Crippen molar-refractivity contribution in [2.75, 3.05) is 24.2 Å². The summed E-state index contributed by atoms with van der Waals surface area (Å²) in [5.74, 6) is 0.954. The van der Waals surface area contributed by atoms with Gasteiger partial charge in [0.05, 0.1) is 26.6 Å². The Morgan fingerprint density at radius 3 is 2.38 bits per heavy atom. The molecule has 1 aliphatic heterocycles. The molecule has 4 heterocycles. The van der Waals surface area contributed by atoms with E-state index in [1.807, 2.05) is 45.9 Å². The van der Waals surface area contributed by atoms with Crippen LogP contribution in [-0.4, -0.2) is 71.2 Å². The van der Waals surface area contributed by atoms with E-state index >= 15 is 0 Å². The van der Waals surface area contributed by atoms with Gasteiger partial charge in [0.25, 0.3) is 10.0 Å². The Balaban J connectivity index is 1.25. The van der Waals surface area contributed by atoms with Crippen LogP contribution in [0.5, 0.6) is 11.5 Å². The molecule has 3 aromatic carbocycles. The largest absolute Gasteiger partial charge is 0.457 e. The number of hydrogen-bond donors (Lipinski definition) is 1. The fourth-order valence-electron chi connectivity index (χ4n) is 6.25. The minimum absolute atomic E-state index is 0.0663. The minimum atomic E-state index is -4.14. The Morgan fingerprint density at radius 2 is 1.64 bits per heavy atom. The smallest absolute Gasteiger partial charge is 0.410 e. The van der Waals surface area contributed by atoms with Crippen molar-refractivity contribution in [3.8, 4) is 22.8 Å². The van der Waals surface area contributed by atoms with Gasteiger partial charge in [-0.2, -0.15) is 0 Å². The van der Waals surface area contributed by atoms with Gasteiger partial charge < -0.3 is 19.7 Å². The van der Waals surface area contributed by atoms with Crippen molar-refractivity contribution in [2.45, 2.75) is 56.1 Å². The number of benzene rings is 3. The highest BCUT2D eigenvalue weighted by atomic mass is 32.2. The highest BCUT2D eigenvalue weighted by molar-refractivity contribution is 7.91. The van der Waals surface area contributed by atoms with Crippen molar-refractivity contribution in [3.05, 3.63) is 120 Å². The van der Waals surface area contributed by atoms with Gasteiger partial charge in [0.1, 0.15) is 29.2 Å². The number of aryl methyl sites for hydroxylation is 1. The van der Waals surface area contributed by atoms with Gasteiger partial charge in [-0.15, -0.1) is 0 Å². The molecule has 6 aromatic rings. The van der Waals surface area contributed by atoms with E-state index in [0.717, 1.165) is 20.7 Å². The molecule has 284 valence electrons. The molecule has 0 fully saturated rings. The van der Waals surface area contributed by atoms with Crippen LogP contribution in [0.1, 0.15) is 37.5 Å². The van der Waals surface area contributed by atoms with Crippen LogP contribution in [0.25, 0.3) is 22.3 Å². The minimum Gasteiger partial charge on any atom is -0.457 e. The first kappa shape index (κ1) is 37.5. The monoisotopic (exact) mass is 780 g/mol. The Morgan fingerprint density at radius 1 is 0.873 bits per heavy atom. The maximum atomic E-state index is 14.2. The van der Waals surface area contributed by atoms with Gasteiger partial charge in [-0.25, -0.2) is 40.6 Å². The molecule has 13 nitrogen and oxygen atoms in total. The van der Waals surface area contributed by atoms with Crippen LogP contribution in [0.2, 0.25) is 0 Å². The molecule has 1 aliphatic rings. The summed E-state index contributed by atoms with van der Waals surface area (Å²) in [6.07, 6.45) is 4.51. The lowest BCUT2D eigenvalue weighted by Gasteiger charge is -2.31. The first-order valence-electron chi connectivity index (χ1n) is 17.6. The van der Waals surface area contributed by atoms with Crippen molar-refractivity contribution < 1.29 is 31.1 Å². The van der Waals surface area contributed by atoms with Crippen molar-refractivity contribution in [1.82, 2.24) is 23.8 Å². The van der Waals surface area contributed by atoms with Gasteiger partial charge in [0, 0.05) is 43.7 Å². The van der Waals surface area contributed by atoms with Gasteiger partial charge in [0.2, 0.25) is 0 Å². The molecule has 1 N–H and O–H groups in total. The Labute approximate surface area is 320 Å². The molecular formula is C40H40N6O7S2. The first-order valence-corrected chi connectivity index (χ1v) is 20.7. The van der Waals surface area contributed by atoms with Crippen molar-refractivity contribution in [2.24, 2.45) is 0 Å². The Kier molecular flexibility index (Phi) is 10.1. The van der Waals surface area contributed by atoms with Crippen LogP contribution in [0.3, 0.4) is 0 Å². The molecular weight excluding hydrogens is 741 g/mol. The topological polar surface area (TPSA) is 163 Å². The van der Waals surface area contributed by atoms with Crippen LogP contribution in [0.4, 0.5) is 10.6 Å². The van der Waals surface area contributed by atoms with E-state index in [9.17, 15) is 21.6 Å². The molecule has 15 heteroatoms. The zero-order valence-electron chi connectivity index (χ0n) is 30.8. The molecule has 0 spiro atoms. The van der Waals surface area contributed by atoms with Crippen molar-refractivity contribution in [1.29, 1.82) is 0 Å². The average Bonchev–Trinajstić information content (AvgIpc) is 3.56. The lowest BCUT2D eigenvalue weighted by Crippen LogP contribution is -2.39. The van der Waals surface area contributed by atoms with Crippen LogP contribution in [0, 0.1) is 6.92 Å². The van der Waals surface area contributed by atoms with Crippen molar-refractivity contribution in [3.63, 3.8) is 0 Å². The number of anilines is 1. The zero-order chi connectivity index (χ0) is 39.0. The molecule has 0 aliphatic carbocycles. The number of rotatable bonds is 10. The summed E-state index contributed by atoms with van der Waals surface area (Å²) in [5.41, 5.74) is 3.13. The second-order valence-corrected chi connectivity index (χ2v) is 18.1. The number of pyridine rings is 1. The molecule has 7 rings (SSSR count). The fraction of sp³-hybridized carbons (Fsp3) is 0.250. The van der Waals surface area contributed by atoms with Crippen LogP contribution in [-0.2, 0) is 37.6 Å². The quantitative estimate of drug-likeness (QED) is 0.152. The summed E-state index contributed by atoms with van der Waals surface area (Å²) in [4.78, 5) is 28.1. The van der Waals surface area contributed by atoms with E-state index in [1.165, 1.54) is 18.7 Å². The summed E-state index contributed by atoms with van der Waals surface area (Å²) in [7, 11) is -7.69. The van der Waals surface area contributed by atoms with Crippen LogP contribution in [0.15, 0.2) is 113 Å². The number of aromatic nitrogens is 4. The van der Waals surface area contributed by atoms with E-state index in [2.05, 4.69) is 20.3 Å². The summed E-state index contributed by atoms with van der Waals surface area (Å²) in [5, 5.41) is 3.44. The SMILES string of the molecule is Cc1ccc(S(=O)(=O)n2cc(-c3cc(NCCS(=O)(=O)c4ccccc4)ncn3)c3c(Oc4ccc5c(c4)CN(C(=O)OC(C)(C)C)CC5)ccnc32)cc1. The normalized spacial score (nSPS) is 13.3.